The fraction of sp³-hybridized carbons (Fsp3) is 0.154. The number of H-pyrrole nitrogens is 1. The Kier molecular flexibility index (Phi) is 1.60. The molecule has 1 aromatic carbocycles. The van der Waals surface area contributed by atoms with Crippen LogP contribution in [0, 0.1) is 6.92 Å². The average Bonchev–Trinajstić information content (AvgIpc) is 2.54. The summed E-state index contributed by atoms with van der Waals surface area (Å²) in [5.74, 6) is 0. The van der Waals surface area contributed by atoms with E-state index in [1.807, 2.05) is 7.05 Å². The predicted molar refractivity (Wildman–Crippen MR) is 61.7 cm³/mol. The highest BCUT2D eigenvalue weighted by Gasteiger charge is 2.06. The molecule has 2 nitrogen and oxygen atoms in total. The summed E-state index contributed by atoms with van der Waals surface area (Å²) in [6, 6.07) is 8.64. The molecule has 0 saturated carbocycles. The van der Waals surface area contributed by atoms with E-state index in [1.54, 1.807) is 0 Å². The molecule has 0 amide bonds. The van der Waals surface area contributed by atoms with Gasteiger partial charge < -0.3 is 4.98 Å². The largest absolute Gasteiger partial charge is 0.354 e. The van der Waals surface area contributed by atoms with Crippen molar-refractivity contribution >= 4 is 21.8 Å². The van der Waals surface area contributed by atoms with E-state index in [0.29, 0.717) is 0 Å². The first-order chi connectivity index (χ1) is 7.24. The Morgan fingerprint density at radius 1 is 1.07 bits per heavy atom. The molecule has 2 heteroatoms. The standard InChI is InChI=1S/C13H12N2/c1-9-3-4-10-11-8-15(2)6-5-12(11)14-13(10)7-9/h3-8H,1-2H3/p+1. The van der Waals surface area contributed by atoms with Crippen LogP contribution in [0.3, 0.4) is 0 Å². The van der Waals surface area contributed by atoms with E-state index in [4.69, 9.17) is 0 Å². The van der Waals surface area contributed by atoms with Gasteiger partial charge in [-0.15, -0.1) is 0 Å². The van der Waals surface area contributed by atoms with E-state index in [2.05, 4.69) is 53.1 Å². The summed E-state index contributed by atoms with van der Waals surface area (Å²) < 4.78 is 2.08. The Labute approximate surface area is 88.2 Å². The Morgan fingerprint density at radius 3 is 2.80 bits per heavy atom. The zero-order chi connectivity index (χ0) is 10.4. The molecule has 0 aliphatic rings. The van der Waals surface area contributed by atoms with Crippen LogP contribution in [0.25, 0.3) is 21.8 Å². The van der Waals surface area contributed by atoms with Gasteiger partial charge in [0.2, 0.25) is 0 Å². The predicted octanol–water partition coefficient (Wildman–Crippen LogP) is 2.45. The van der Waals surface area contributed by atoms with Crippen LogP contribution >= 0.6 is 0 Å². The lowest BCUT2D eigenvalue weighted by Crippen LogP contribution is -2.25. The number of nitrogens with zero attached hydrogens (tertiary/aromatic N) is 1. The van der Waals surface area contributed by atoms with Gasteiger partial charge in [0.1, 0.15) is 7.05 Å². The summed E-state index contributed by atoms with van der Waals surface area (Å²) in [7, 11) is 2.05. The summed E-state index contributed by atoms with van der Waals surface area (Å²) in [6.07, 6.45) is 4.22. The van der Waals surface area contributed by atoms with Gasteiger partial charge in [-0.2, -0.15) is 0 Å². The molecule has 0 bridgehead atoms. The van der Waals surface area contributed by atoms with Crippen molar-refractivity contribution < 1.29 is 4.57 Å². The Hall–Kier alpha value is -1.83. The maximum Gasteiger partial charge on any atom is 0.178 e. The molecule has 0 unspecified atom stereocenters. The van der Waals surface area contributed by atoms with E-state index in [9.17, 15) is 0 Å². The van der Waals surface area contributed by atoms with Crippen LogP contribution < -0.4 is 4.57 Å². The molecule has 1 N–H and O–H groups in total. The van der Waals surface area contributed by atoms with Gasteiger partial charge in [0.15, 0.2) is 12.4 Å². The molecule has 0 radical (unpaired) electrons. The van der Waals surface area contributed by atoms with Crippen LogP contribution in [0.15, 0.2) is 36.7 Å². The Balaban J connectivity index is 2.53. The van der Waals surface area contributed by atoms with Gasteiger partial charge in [-0.1, -0.05) is 12.1 Å². The van der Waals surface area contributed by atoms with Crippen LogP contribution in [0.4, 0.5) is 0 Å². The first kappa shape index (κ1) is 8.48. The van der Waals surface area contributed by atoms with E-state index in [0.717, 1.165) is 0 Å². The fourth-order valence-corrected chi connectivity index (χ4v) is 2.06. The minimum absolute atomic E-state index is 1.20. The molecule has 0 spiro atoms. The highest BCUT2D eigenvalue weighted by molar-refractivity contribution is 6.06. The average molecular weight is 197 g/mol. The van der Waals surface area contributed by atoms with Gasteiger partial charge in [0, 0.05) is 17.0 Å². The second-order valence-corrected chi connectivity index (χ2v) is 4.11. The van der Waals surface area contributed by atoms with Crippen molar-refractivity contribution in [2.75, 3.05) is 0 Å². The van der Waals surface area contributed by atoms with Crippen molar-refractivity contribution in [3.8, 4) is 0 Å². The SMILES string of the molecule is Cc1ccc2c(c1)[nH]c1cc[n+](C)cc12. The minimum Gasteiger partial charge on any atom is -0.354 e. The zero-order valence-electron chi connectivity index (χ0n) is 8.91. The Morgan fingerprint density at radius 2 is 1.93 bits per heavy atom. The van der Waals surface area contributed by atoms with Gasteiger partial charge >= 0.3 is 0 Å². The number of nitrogens with one attached hydrogen (secondary N) is 1. The first-order valence-corrected chi connectivity index (χ1v) is 5.11. The molecule has 15 heavy (non-hydrogen) atoms. The third-order valence-electron chi connectivity index (χ3n) is 2.83. The zero-order valence-corrected chi connectivity index (χ0v) is 8.91. The van der Waals surface area contributed by atoms with E-state index in [1.165, 1.54) is 27.4 Å². The lowest BCUT2D eigenvalue weighted by molar-refractivity contribution is -0.670. The molecule has 2 heterocycles. The van der Waals surface area contributed by atoms with E-state index >= 15 is 0 Å². The minimum atomic E-state index is 1.20. The number of benzene rings is 1. The monoisotopic (exact) mass is 197 g/mol. The maximum atomic E-state index is 3.43. The van der Waals surface area contributed by atoms with Gasteiger partial charge in [-0.3, -0.25) is 0 Å². The molecule has 3 rings (SSSR count). The second-order valence-electron chi connectivity index (χ2n) is 4.11. The summed E-state index contributed by atoms with van der Waals surface area (Å²) in [4.78, 5) is 3.43. The van der Waals surface area contributed by atoms with Gasteiger partial charge in [-0.05, 0) is 18.6 Å². The lowest BCUT2D eigenvalue weighted by atomic mass is 10.1. The smallest absolute Gasteiger partial charge is 0.178 e. The molecule has 0 saturated heterocycles. The molecular formula is C13H13N2+. The topological polar surface area (TPSA) is 19.7 Å². The molecule has 0 aliphatic heterocycles. The highest BCUT2D eigenvalue weighted by Crippen LogP contribution is 2.24. The second kappa shape index (κ2) is 2.83. The van der Waals surface area contributed by atoms with Crippen molar-refractivity contribution in [2.24, 2.45) is 7.05 Å². The summed E-state index contributed by atoms with van der Waals surface area (Å²) >= 11 is 0. The number of pyridine rings is 1. The number of fused-ring (bicyclic) bond motifs is 3. The van der Waals surface area contributed by atoms with Crippen molar-refractivity contribution in [3.63, 3.8) is 0 Å². The third kappa shape index (κ3) is 1.22. The summed E-state index contributed by atoms with van der Waals surface area (Å²) in [5, 5.41) is 2.59. The van der Waals surface area contributed by atoms with Crippen LogP contribution in [-0.2, 0) is 7.05 Å². The number of aromatic nitrogens is 2. The van der Waals surface area contributed by atoms with Crippen molar-refractivity contribution in [3.05, 3.63) is 42.2 Å². The maximum absolute atomic E-state index is 3.43. The normalized spacial score (nSPS) is 11.3. The number of hydrogen-bond acceptors (Lipinski definition) is 0. The van der Waals surface area contributed by atoms with Gasteiger partial charge in [0.25, 0.3) is 0 Å². The molecule has 3 aromatic rings. The molecule has 0 fully saturated rings. The van der Waals surface area contributed by atoms with E-state index < -0.39 is 0 Å². The fourth-order valence-electron chi connectivity index (χ4n) is 2.06. The van der Waals surface area contributed by atoms with Crippen LogP contribution in [0.1, 0.15) is 5.56 Å². The Bertz CT molecular complexity index is 650. The molecule has 0 atom stereocenters. The van der Waals surface area contributed by atoms with Gasteiger partial charge in [-0.25, -0.2) is 4.57 Å². The van der Waals surface area contributed by atoms with Gasteiger partial charge in [0.05, 0.1) is 10.9 Å². The quantitative estimate of drug-likeness (QED) is 0.534. The van der Waals surface area contributed by atoms with Crippen molar-refractivity contribution in [1.29, 1.82) is 0 Å². The van der Waals surface area contributed by atoms with Crippen LogP contribution in [0.2, 0.25) is 0 Å². The number of aryl methyl sites for hydroxylation is 2. The number of aromatic amines is 1. The molecular weight excluding hydrogens is 184 g/mol. The summed E-state index contributed by atoms with van der Waals surface area (Å²) in [5.41, 5.74) is 3.71. The molecule has 2 aromatic heterocycles. The highest BCUT2D eigenvalue weighted by atomic mass is 14.9. The summed E-state index contributed by atoms with van der Waals surface area (Å²) in [6.45, 7) is 2.12. The van der Waals surface area contributed by atoms with E-state index in [-0.39, 0.29) is 0 Å². The molecule has 74 valence electrons. The number of hydrogen-bond donors (Lipinski definition) is 1. The van der Waals surface area contributed by atoms with Crippen LogP contribution in [-0.4, -0.2) is 4.98 Å². The third-order valence-corrected chi connectivity index (χ3v) is 2.83. The first-order valence-electron chi connectivity index (χ1n) is 5.11. The van der Waals surface area contributed by atoms with Crippen LogP contribution in [0.5, 0.6) is 0 Å². The molecule has 0 aliphatic carbocycles. The van der Waals surface area contributed by atoms with Crippen molar-refractivity contribution in [2.45, 2.75) is 6.92 Å². The number of rotatable bonds is 0. The lowest BCUT2D eigenvalue weighted by Gasteiger charge is -1.91. The van der Waals surface area contributed by atoms with Crippen molar-refractivity contribution in [1.82, 2.24) is 4.98 Å².